The van der Waals surface area contributed by atoms with Gasteiger partial charge in [-0.25, -0.2) is 4.39 Å². The number of halogens is 1. The van der Waals surface area contributed by atoms with Gasteiger partial charge >= 0.3 is 0 Å². The average Bonchev–Trinajstić information content (AvgIpc) is 2.83. The van der Waals surface area contributed by atoms with Crippen LogP contribution in [0, 0.1) is 17.7 Å². The summed E-state index contributed by atoms with van der Waals surface area (Å²) in [7, 11) is 0. The van der Waals surface area contributed by atoms with E-state index in [0.29, 0.717) is 12.1 Å². The summed E-state index contributed by atoms with van der Waals surface area (Å²) in [5.41, 5.74) is 1.42. The molecule has 1 atom stereocenters. The summed E-state index contributed by atoms with van der Waals surface area (Å²) >= 11 is 0. The number of aliphatic hydroxyl groups is 2. The van der Waals surface area contributed by atoms with Crippen molar-refractivity contribution in [3.8, 4) is 11.8 Å². The van der Waals surface area contributed by atoms with Crippen LogP contribution in [0.4, 0.5) is 4.39 Å². The van der Waals surface area contributed by atoms with E-state index in [1.807, 2.05) is 6.07 Å². The molecule has 0 saturated carbocycles. The molecule has 19 heavy (non-hydrogen) atoms. The Hall–Kier alpha value is -1.41. The summed E-state index contributed by atoms with van der Waals surface area (Å²) in [6.07, 6.45) is 2.06. The molecular weight excluding hydrogens is 245 g/mol. The summed E-state index contributed by atoms with van der Waals surface area (Å²) in [6, 6.07) is 4.87. The third-order valence-electron chi connectivity index (χ3n) is 3.36. The number of rotatable bonds is 3. The van der Waals surface area contributed by atoms with Gasteiger partial charge in [0.15, 0.2) is 0 Å². The fraction of sp³-hybridized carbons (Fsp3) is 0.467. The molecule has 0 radical (unpaired) electrons. The van der Waals surface area contributed by atoms with E-state index in [2.05, 4.69) is 16.7 Å². The number of nitrogens with zero attached hydrogens (tertiary/aromatic N) is 1. The second kappa shape index (κ2) is 6.67. The van der Waals surface area contributed by atoms with Crippen LogP contribution >= 0.6 is 0 Å². The minimum Gasteiger partial charge on any atom is -0.395 e. The average molecular weight is 263 g/mol. The highest BCUT2D eigenvalue weighted by atomic mass is 19.1. The molecule has 1 unspecified atom stereocenters. The molecule has 1 fully saturated rings. The van der Waals surface area contributed by atoms with Crippen molar-refractivity contribution in [2.45, 2.75) is 25.4 Å². The molecule has 2 rings (SSSR count). The van der Waals surface area contributed by atoms with Crippen LogP contribution in [0.15, 0.2) is 18.2 Å². The SMILES string of the molecule is OCC#Cc1cc(F)cc(CN2CCCC2CO)c1. The van der Waals surface area contributed by atoms with Gasteiger partial charge in [0.05, 0.1) is 6.61 Å². The highest BCUT2D eigenvalue weighted by Crippen LogP contribution is 2.20. The normalized spacial score (nSPS) is 19.2. The van der Waals surface area contributed by atoms with Gasteiger partial charge in [-0.15, -0.1) is 0 Å². The summed E-state index contributed by atoms with van der Waals surface area (Å²) < 4.78 is 13.5. The predicted octanol–water partition coefficient (Wildman–Crippen LogP) is 1.13. The molecule has 1 aromatic carbocycles. The number of hydrogen-bond donors (Lipinski definition) is 2. The summed E-state index contributed by atoms with van der Waals surface area (Å²) in [5, 5.41) is 17.9. The van der Waals surface area contributed by atoms with Crippen molar-refractivity contribution in [1.82, 2.24) is 4.90 Å². The maximum absolute atomic E-state index is 13.5. The minimum absolute atomic E-state index is 0.145. The highest BCUT2D eigenvalue weighted by molar-refractivity contribution is 5.37. The molecule has 0 bridgehead atoms. The molecule has 0 amide bonds. The maximum atomic E-state index is 13.5. The molecule has 4 heteroatoms. The smallest absolute Gasteiger partial charge is 0.124 e. The Morgan fingerprint density at radius 1 is 1.32 bits per heavy atom. The largest absolute Gasteiger partial charge is 0.395 e. The third kappa shape index (κ3) is 3.77. The van der Waals surface area contributed by atoms with Crippen molar-refractivity contribution >= 4 is 0 Å². The van der Waals surface area contributed by atoms with E-state index in [0.717, 1.165) is 24.9 Å². The first-order valence-corrected chi connectivity index (χ1v) is 6.47. The van der Waals surface area contributed by atoms with Crippen LogP contribution in [0.2, 0.25) is 0 Å². The van der Waals surface area contributed by atoms with Gasteiger partial charge in [0.1, 0.15) is 12.4 Å². The van der Waals surface area contributed by atoms with E-state index >= 15 is 0 Å². The maximum Gasteiger partial charge on any atom is 0.124 e. The second-order valence-electron chi connectivity index (χ2n) is 4.76. The standard InChI is InChI=1S/C15H18FNO2/c16-14-8-12(3-2-6-18)7-13(9-14)10-17-5-1-4-15(17)11-19/h7-9,15,18-19H,1,4-6,10-11H2. The van der Waals surface area contributed by atoms with Gasteiger partial charge in [0, 0.05) is 18.2 Å². The molecule has 0 spiro atoms. The monoisotopic (exact) mass is 263 g/mol. The fourth-order valence-corrected chi connectivity index (χ4v) is 2.50. The van der Waals surface area contributed by atoms with Crippen molar-refractivity contribution in [3.05, 3.63) is 35.1 Å². The Balaban J connectivity index is 2.13. The van der Waals surface area contributed by atoms with Crippen molar-refractivity contribution in [3.63, 3.8) is 0 Å². The summed E-state index contributed by atoms with van der Waals surface area (Å²) in [5.74, 6) is 4.92. The molecular formula is C15H18FNO2. The van der Waals surface area contributed by atoms with Gasteiger partial charge in [-0.2, -0.15) is 0 Å². The zero-order chi connectivity index (χ0) is 13.7. The van der Waals surface area contributed by atoms with Gasteiger partial charge in [0.2, 0.25) is 0 Å². The molecule has 102 valence electrons. The van der Waals surface area contributed by atoms with Crippen molar-refractivity contribution in [2.24, 2.45) is 0 Å². The molecule has 1 aromatic rings. The fourth-order valence-electron chi connectivity index (χ4n) is 2.50. The van der Waals surface area contributed by atoms with Gasteiger partial charge in [0.25, 0.3) is 0 Å². The number of aliphatic hydroxyl groups excluding tert-OH is 2. The summed E-state index contributed by atoms with van der Waals surface area (Å²) in [6.45, 7) is 1.47. The van der Waals surface area contributed by atoms with Crippen molar-refractivity contribution in [2.75, 3.05) is 19.8 Å². The van der Waals surface area contributed by atoms with E-state index in [1.165, 1.54) is 12.1 Å². The predicted molar refractivity (Wildman–Crippen MR) is 70.9 cm³/mol. The molecule has 0 aromatic heterocycles. The van der Waals surface area contributed by atoms with Crippen LogP contribution in [0.5, 0.6) is 0 Å². The van der Waals surface area contributed by atoms with Crippen molar-refractivity contribution < 1.29 is 14.6 Å². The number of likely N-dealkylation sites (tertiary alicyclic amines) is 1. The zero-order valence-corrected chi connectivity index (χ0v) is 10.8. The van der Waals surface area contributed by atoms with E-state index < -0.39 is 0 Å². The molecule has 1 aliphatic rings. The van der Waals surface area contributed by atoms with Gasteiger partial charge < -0.3 is 10.2 Å². The lowest BCUT2D eigenvalue weighted by molar-refractivity contribution is 0.153. The number of hydrogen-bond acceptors (Lipinski definition) is 3. The second-order valence-corrected chi connectivity index (χ2v) is 4.76. The lowest BCUT2D eigenvalue weighted by atomic mass is 10.1. The van der Waals surface area contributed by atoms with Crippen LogP contribution in [-0.2, 0) is 6.54 Å². The Kier molecular flexibility index (Phi) is 4.92. The highest BCUT2D eigenvalue weighted by Gasteiger charge is 2.23. The zero-order valence-electron chi connectivity index (χ0n) is 10.8. The first-order chi connectivity index (χ1) is 9.22. The molecule has 1 saturated heterocycles. The lowest BCUT2D eigenvalue weighted by Gasteiger charge is -2.22. The molecule has 3 nitrogen and oxygen atoms in total. The van der Waals surface area contributed by atoms with E-state index in [-0.39, 0.29) is 25.1 Å². The quantitative estimate of drug-likeness (QED) is 0.803. The van der Waals surface area contributed by atoms with Crippen LogP contribution < -0.4 is 0 Å². The van der Waals surface area contributed by atoms with Gasteiger partial charge in [-0.05, 0) is 43.1 Å². The van der Waals surface area contributed by atoms with E-state index in [9.17, 15) is 9.50 Å². The van der Waals surface area contributed by atoms with Crippen molar-refractivity contribution in [1.29, 1.82) is 0 Å². The molecule has 0 aliphatic carbocycles. The first kappa shape index (κ1) is 14.0. The Labute approximate surface area is 112 Å². The van der Waals surface area contributed by atoms with E-state index in [1.54, 1.807) is 0 Å². The lowest BCUT2D eigenvalue weighted by Crippen LogP contribution is -2.31. The minimum atomic E-state index is -0.320. The van der Waals surface area contributed by atoms with Crippen LogP contribution in [0.1, 0.15) is 24.0 Å². The van der Waals surface area contributed by atoms with Gasteiger partial charge in [-0.1, -0.05) is 11.8 Å². The Morgan fingerprint density at radius 2 is 2.16 bits per heavy atom. The van der Waals surface area contributed by atoms with E-state index in [4.69, 9.17) is 5.11 Å². The molecule has 1 heterocycles. The van der Waals surface area contributed by atoms with Crippen LogP contribution in [0.25, 0.3) is 0 Å². The van der Waals surface area contributed by atoms with Crippen LogP contribution in [-0.4, -0.2) is 40.9 Å². The Morgan fingerprint density at radius 3 is 2.89 bits per heavy atom. The topological polar surface area (TPSA) is 43.7 Å². The first-order valence-electron chi connectivity index (χ1n) is 6.47. The third-order valence-corrected chi connectivity index (χ3v) is 3.36. The molecule has 2 N–H and O–H groups in total. The molecule has 1 aliphatic heterocycles. The number of benzene rings is 1. The van der Waals surface area contributed by atoms with Gasteiger partial charge in [-0.3, -0.25) is 4.90 Å². The Bertz CT molecular complexity index is 493. The van der Waals surface area contributed by atoms with Crippen LogP contribution in [0.3, 0.4) is 0 Å². The summed E-state index contributed by atoms with van der Waals surface area (Å²) in [4.78, 5) is 2.16.